The van der Waals surface area contributed by atoms with Crippen LogP contribution in [0.25, 0.3) is 0 Å². The molecule has 2 aromatic heterocycles. The van der Waals surface area contributed by atoms with Gasteiger partial charge in [0.15, 0.2) is 11.8 Å². The van der Waals surface area contributed by atoms with Crippen LogP contribution in [0.5, 0.6) is 0 Å². The van der Waals surface area contributed by atoms with Crippen LogP contribution in [0.1, 0.15) is 36.7 Å². The van der Waals surface area contributed by atoms with Crippen molar-refractivity contribution in [3.05, 3.63) is 35.8 Å². The summed E-state index contributed by atoms with van der Waals surface area (Å²) in [7, 11) is 1.77. The lowest BCUT2D eigenvalue weighted by atomic mass is 10.2. The molecule has 3 rings (SSSR count). The Hall–Kier alpha value is -2.31. The highest BCUT2D eigenvalue weighted by molar-refractivity contribution is 5.79. The van der Waals surface area contributed by atoms with Gasteiger partial charge in [0, 0.05) is 33.0 Å². The number of aromatic nitrogens is 3. The van der Waals surface area contributed by atoms with Crippen LogP contribution in [-0.4, -0.2) is 34.3 Å². The number of rotatable bonds is 5. The van der Waals surface area contributed by atoms with E-state index >= 15 is 0 Å². The van der Waals surface area contributed by atoms with Crippen molar-refractivity contribution in [3.8, 4) is 0 Å². The summed E-state index contributed by atoms with van der Waals surface area (Å²) in [6.07, 6.45) is 7.23. The van der Waals surface area contributed by atoms with E-state index in [-0.39, 0.29) is 0 Å². The number of guanidine groups is 1. The summed E-state index contributed by atoms with van der Waals surface area (Å²) < 4.78 is 7.57. The lowest BCUT2D eigenvalue weighted by molar-refractivity contribution is 0.506. The van der Waals surface area contributed by atoms with Gasteiger partial charge in [0.1, 0.15) is 11.6 Å². The molecule has 0 aromatic carbocycles. The Balaban J connectivity index is 1.49. The van der Waals surface area contributed by atoms with Crippen LogP contribution >= 0.6 is 0 Å². The minimum absolute atomic E-state index is 0.632. The van der Waals surface area contributed by atoms with Crippen molar-refractivity contribution < 1.29 is 4.42 Å². The van der Waals surface area contributed by atoms with Crippen LogP contribution in [-0.2, 0) is 25.9 Å². The fourth-order valence-electron chi connectivity index (χ4n) is 2.82. The van der Waals surface area contributed by atoms with Crippen LogP contribution in [0.3, 0.4) is 0 Å². The van der Waals surface area contributed by atoms with Gasteiger partial charge in [0.05, 0.1) is 12.8 Å². The molecule has 1 aliphatic rings. The highest BCUT2D eigenvalue weighted by Gasteiger charge is 2.14. The Morgan fingerprint density at radius 3 is 3.09 bits per heavy atom. The van der Waals surface area contributed by atoms with Gasteiger partial charge in [-0.15, -0.1) is 10.2 Å². The first kappa shape index (κ1) is 15.6. The standard InChI is InChI=1S/C16H24N6O/c1-17-16(18-9-8-13-6-5-11-23-13)19-12-15-21-20-14-7-3-2-4-10-22(14)15/h5-6,11H,2-4,7-10,12H2,1H3,(H2,17,18,19). The normalized spacial score (nSPS) is 15.1. The molecule has 0 atom stereocenters. The van der Waals surface area contributed by atoms with Crippen LogP contribution < -0.4 is 10.6 Å². The minimum Gasteiger partial charge on any atom is -0.469 e. The van der Waals surface area contributed by atoms with E-state index in [1.54, 1.807) is 13.3 Å². The van der Waals surface area contributed by atoms with Crippen molar-refractivity contribution in [1.82, 2.24) is 25.4 Å². The van der Waals surface area contributed by atoms with Crippen LogP contribution in [0.2, 0.25) is 0 Å². The predicted molar refractivity (Wildman–Crippen MR) is 88.2 cm³/mol. The van der Waals surface area contributed by atoms with E-state index in [2.05, 4.69) is 30.4 Å². The van der Waals surface area contributed by atoms with Gasteiger partial charge in [0.2, 0.25) is 0 Å². The first-order chi connectivity index (χ1) is 11.4. The van der Waals surface area contributed by atoms with Gasteiger partial charge in [-0.05, 0) is 25.0 Å². The Morgan fingerprint density at radius 2 is 2.26 bits per heavy atom. The van der Waals surface area contributed by atoms with E-state index < -0.39 is 0 Å². The zero-order valence-corrected chi connectivity index (χ0v) is 13.6. The average Bonchev–Trinajstić information content (AvgIpc) is 3.15. The molecule has 0 fully saturated rings. The summed E-state index contributed by atoms with van der Waals surface area (Å²) in [5.74, 6) is 3.83. The molecule has 0 aliphatic carbocycles. The second kappa shape index (κ2) is 7.80. The molecular weight excluding hydrogens is 292 g/mol. The average molecular weight is 316 g/mol. The van der Waals surface area contributed by atoms with Gasteiger partial charge in [-0.2, -0.15) is 0 Å². The maximum Gasteiger partial charge on any atom is 0.191 e. The first-order valence-corrected chi connectivity index (χ1v) is 8.24. The molecule has 0 saturated carbocycles. The molecular formula is C16H24N6O. The highest BCUT2D eigenvalue weighted by Crippen LogP contribution is 2.14. The molecule has 0 radical (unpaired) electrons. The van der Waals surface area contributed by atoms with E-state index in [0.717, 1.165) is 49.3 Å². The number of aryl methyl sites for hydroxylation is 1. The quantitative estimate of drug-likeness (QED) is 0.645. The zero-order chi connectivity index (χ0) is 15.9. The van der Waals surface area contributed by atoms with Crippen LogP contribution in [0.4, 0.5) is 0 Å². The molecule has 2 N–H and O–H groups in total. The van der Waals surface area contributed by atoms with Crippen molar-refractivity contribution in [2.45, 2.75) is 45.2 Å². The summed E-state index contributed by atoms with van der Waals surface area (Å²) in [6.45, 7) is 2.42. The second-order valence-corrected chi connectivity index (χ2v) is 5.68. The summed E-state index contributed by atoms with van der Waals surface area (Å²) in [4.78, 5) is 4.24. The van der Waals surface area contributed by atoms with E-state index in [0.29, 0.717) is 6.54 Å². The van der Waals surface area contributed by atoms with Gasteiger partial charge >= 0.3 is 0 Å². The molecule has 0 bridgehead atoms. The third-order valence-corrected chi connectivity index (χ3v) is 4.07. The van der Waals surface area contributed by atoms with Gasteiger partial charge in [-0.25, -0.2) is 0 Å². The number of nitrogens with one attached hydrogen (secondary N) is 2. The number of nitrogens with zero attached hydrogens (tertiary/aromatic N) is 4. The first-order valence-electron chi connectivity index (χ1n) is 8.24. The van der Waals surface area contributed by atoms with E-state index in [1.165, 1.54) is 19.3 Å². The maximum absolute atomic E-state index is 5.32. The van der Waals surface area contributed by atoms with Crippen LogP contribution in [0, 0.1) is 0 Å². The number of hydrogen-bond donors (Lipinski definition) is 2. The number of aliphatic imine (C=N–C) groups is 1. The monoisotopic (exact) mass is 316 g/mol. The van der Waals surface area contributed by atoms with Gasteiger partial charge < -0.3 is 19.6 Å². The summed E-state index contributed by atoms with van der Waals surface area (Å²) in [5.41, 5.74) is 0. The lowest BCUT2D eigenvalue weighted by Crippen LogP contribution is -2.38. The summed E-state index contributed by atoms with van der Waals surface area (Å²) in [5, 5.41) is 15.2. The largest absolute Gasteiger partial charge is 0.469 e. The Bertz CT molecular complexity index is 631. The van der Waals surface area contributed by atoms with Crippen molar-refractivity contribution in [2.75, 3.05) is 13.6 Å². The Kier molecular flexibility index (Phi) is 5.29. The minimum atomic E-state index is 0.632. The SMILES string of the molecule is CN=C(NCCc1ccco1)NCc1nnc2n1CCCCC2. The van der Waals surface area contributed by atoms with Crippen LogP contribution in [0.15, 0.2) is 27.8 Å². The second-order valence-electron chi connectivity index (χ2n) is 5.68. The van der Waals surface area contributed by atoms with E-state index in [1.807, 2.05) is 12.1 Å². The number of hydrogen-bond acceptors (Lipinski definition) is 4. The molecule has 7 heteroatoms. The predicted octanol–water partition coefficient (Wildman–Crippen LogP) is 1.51. The van der Waals surface area contributed by atoms with Crippen molar-refractivity contribution in [2.24, 2.45) is 4.99 Å². The molecule has 2 aromatic rings. The summed E-state index contributed by atoms with van der Waals surface area (Å²) >= 11 is 0. The topological polar surface area (TPSA) is 80.3 Å². The van der Waals surface area contributed by atoms with E-state index in [4.69, 9.17) is 4.42 Å². The third-order valence-electron chi connectivity index (χ3n) is 4.07. The fraction of sp³-hybridized carbons (Fsp3) is 0.562. The van der Waals surface area contributed by atoms with Crippen molar-refractivity contribution in [3.63, 3.8) is 0 Å². The number of fused-ring (bicyclic) bond motifs is 1. The zero-order valence-electron chi connectivity index (χ0n) is 13.6. The molecule has 0 spiro atoms. The molecule has 0 amide bonds. The van der Waals surface area contributed by atoms with E-state index in [9.17, 15) is 0 Å². The maximum atomic E-state index is 5.32. The highest BCUT2D eigenvalue weighted by atomic mass is 16.3. The summed E-state index contributed by atoms with van der Waals surface area (Å²) in [6, 6.07) is 3.88. The smallest absolute Gasteiger partial charge is 0.191 e. The molecule has 23 heavy (non-hydrogen) atoms. The Morgan fingerprint density at radius 1 is 1.30 bits per heavy atom. The van der Waals surface area contributed by atoms with Gasteiger partial charge in [0.25, 0.3) is 0 Å². The molecule has 3 heterocycles. The fourth-order valence-corrected chi connectivity index (χ4v) is 2.82. The molecule has 124 valence electrons. The van der Waals surface area contributed by atoms with Crippen molar-refractivity contribution >= 4 is 5.96 Å². The molecule has 0 saturated heterocycles. The van der Waals surface area contributed by atoms with Gasteiger partial charge in [-0.3, -0.25) is 4.99 Å². The van der Waals surface area contributed by atoms with Crippen molar-refractivity contribution in [1.29, 1.82) is 0 Å². The molecule has 1 aliphatic heterocycles. The molecule has 0 unspecified atom stereocenters. The van der Waals surface area contributed by atoms with Gasteiger partial charge in [-0.1, -0.05) is 6.42 Å². The lowest BCUT2D eigenvalue weighted by Gasteiger charge is -2.12. The Labute approximate surface area is 136 Å². The third kappa shape index (κ3) is 4.12. The molecule has 7 nitrogen and oxygen atoms in total. The number of furan rings is 1.